The van der Waals surface area contributed by atoms with E-state index in [0.29, 0.717) is 5.92 Å². The fraction of sp³-hybridized carbons (Fsp3) is 0.318. The van der Waals surface area contributed by atoms with Crippen molar-refractivity contribution >= 4 is 17.7 Å². The van der Waals surface area contributed by atoms with Crippen molar-refractivity contribution in [2.24, 2.45) is 0 Å². The summed E-state index contributed by atoms with van der Waals surface area (Å²) >= 11 is 0. The minimum absolute atomic E-state index is 0.120. The first-order valence-electron chi connectivity index (χ1n) is 8.69. The summed E-state index contributed by atoms with van der Waals surface area (Å²) in [5.74, 6) is 1.12. The van der Waals surface area contributed by atoms with Gasteiger partial charge in [-0.15, -0.1) is 0 Å². The summed E-state index contributed by atoms with van der Waals surface area (Å²) in [7, 11) is 1.66. The van der Waals surface area contributed by atoms with E-state index in [0.717, 1.165) is 34.5 Å². The van der Waals surface area contributed by atoms with Gasteiger partial charge in [-0.25, -0.2) is 0 Å². The quantitative estimate of drug-likeness (QED) is 0.709. The summed E-state index contributed by atoms with van der Waals surface area (Å²) in [5.41, 5.74) is 5.27. The summed E-state index contributed by atoms with van der Waals surface area (Å²) in [4.78, 5) is 12.4. The Kier molecular flexibility index (Phi) is 6.40. The molecule has 0 bridgehead atoms. The second kappa shape index (κ2) is 8.52. The third kappa shape index (κ3) is 4.72. The average Bonchev–Trinajstić information content (AvgIpc) is 2.60. The normalized spacial score (nSPS) is 12.2. The molecule has 25 heavy (non-hydrogen) atoms. The molecule has 3 nitrogen and oxygen atoms in total. The number of nitrogens with one attached hydrogen (secondary N) is 1. The number of ether oxygens (including phenoxy) is 1. The van der Waals surface area contributed by atoms with Crippen molar-refractivity contribution < 1.29 is 9.53 Å². The highest BCUT2D eigenvalue weighted by Crippen LogP contribution is 2.27. The third-order valence-corrected chi connectivity index (χ3v) is 4.57. The van der Waals surface area contributed by atoms with Crippen molar-refractivity contribution in [3.8, 4) is 5.75 Å². The Balaban J connectivity index is 2.18. The molecule has 0 heterocycles. The van der Waals surface area contributed by atoms with Gasteiger partial charge in [0.1, 0.15) is 5.75 Å². The lowest BCUT2D eigenvalue weighted by atomic mass is 9.97. The molecule has 2 rings (SSSR count). The Hall–Kier alpha value is -2.55. The van der Waals surface area contributed by atoms with Crippen molar-refractivity contribution in [1.29, 1.82) is 0 Å². The van der Waals surface area contributed by atoms with Crippen molar-refractivity contribution in [3.63, 3.8) is 0 Å². The van der Waals surface area contributed by atoms with Crippen LogP contribution in [0.1, 0.15) is 48.4 Å². The second-order valence-corrected chi connectivity index (χ2v) is 6.39. The molecule has 0 saturated heterocycles. The first-order chi connectivity index (χ1) is 12.0. The molecule has 0 spiro atoms. The Morgan fingerprint density at radius 2 is 1.84 bits per heavy atom. The number of hydrogen-bond acceptors (Lipinski definition) is 2. The molecule has 2 aromatic rings. The molecule has 1 unspecified atom stereocenters. The first-order valence-corrected chi connectivity index (χ1v) is 8.69. The van der Waals surface area contributed by atoms with Crippen LogP contribution in [0.15, 0.2) is 42.5 Å². The number of hydrogen-bond donors (Lipinski definition) is 1. The molecule has 3 heteroatoms. The van der Waals surface area contributed by atoms with Crippen molar-refractivity contribution in [1.82, 2.24) is 0 Å². The Morgan fingerprint density at radius 3 is 2.44 bits per heavy atom. The molecule has 0 aromatic heterocycles. The first kappa shape index (κ1) is 18.8. The van der Waals surface area contributed by atoms with Gasteiger partial charge in [-0.1, -0.05) is 32.0 Å². The Morgan fingerprint density at radius 1 is 1.20 bits per heavy atom. The molecular weight excluding hydrogens is 310 g/mol. The molecule has 0 fully saturated rings. The number of amides is 1. The highest BCUT2D eigenvalue weighted by Gasteiger charge is 2.10. The molecule has 0 saturated carbocycles. The van der Waals surface area contributed by atoms with E-state index in [1.54, 1.807) is 13.2 Å². The number of methoxy groups -OCH3 is 1. The lowest BCUT2D eigenvalue weighted by Gasteiger charge is -2.15. The fourth-order valence-corrected chi connectivity index (χ4v) is 2.91. The molecule has 0 aliphatic rings. The molecule has 0 radical (unpaired) electrons. The zero-order valence-corrected chi connectivity index (χ0v) is 15.7. The minimum Gasteiger partial charge on any atom is -0.497 e. The van der Waals surface area contributed by atoms with Gasteiger partial charge in [0, 0.05) is 11.8 Å². The number of carbonyl (C=O) groups is 1. The highest BCUT2D eigenvalue weighted by molar-refractivity contribution is 6.02. The van der Waals surface area contributed by atoms with Crippen LogP contribution in [-0.4, -0.2) is 13.0 Å². The van der Waals surface area contributed by atoms with Crippen LogP contribution in [0.25, 0.3) is 6.08 Å². The minimum atomic E-state index is -0.120. The number of benzene rings is 2. The van der Waals surface area contributed by atoms with E-state index in [9.17, 15) is 4.79 Å². The van der Waals surface area contributed by atoms with Crippen LogP contribution in [-0.2, 0) is 4.79 Å². The molecular formula is C22H27NO2. The predicted molar refractivity (Wildman–Crippen MR) is 105 cm³/mol. The van der Waals surface area contributed by atoms with E-state index in [1.807, 2.05) is 50.3 Å². The van der Waals surface area contributed by atoms with Crippen LogP contribution >= 0.6 is 0 Å². The maximum absolute atomic E-state index is 12.4. The van der Waals surface area contributed by atoms with Crippen LogP contribution in [0, 0.1) is 13.8 Å². The maximum Gasteiger partial charge on any atom is 0.248 e. The van der Waals surface area contributed by atoms with Crippen LogP contribution in [0.3, 0.4) is 0 Å². The SMILES string of the molecule is CCC(C)c1ccccc1NC(=O)/C=C/c1c(C)cc(OC)cc1C. The highest BCUT2D eigenvalue weighted by atomic mass is 16.5. The van der Waals surface area contributed by atoms with Gasteiger partial charge < -0.3 is 10.1 Å². The van der Waals surface area contributed by atoms with Crippen molar-refractivity contribution in [2.45, 2.75) is 40.0 Å². The van der Waals surface area contributed by atoms with Gasteiger partial charge in [0.05, 0.1) is 7.11 Å². The van der Waals surface area contributed by atoms with Gasteiger partial charge in [0.2, 0.25) is 5.91 Å². The van der Waals surface area contributed by atoms with Gasteiger partial charge in [-0.05, 0) is 72.7 Å². The summed E-state index contributed by atoms with van der Waals surface area (Å²) in [6.45, 7) is 8.36. The Labute approximate surface area is 150 Å². The number of carbonyl (C=O) groups excluding carboxylic acids is 1. The van der Waals surface area contributed by atoms with Gasteiger partial charge >= 0.3 is 0 Å². The summed E-state index contributed by atoms with van der Waals surface area (Å²) < 4.78 is 5.28. The third-order valence-electron chi connectivity index (χ3n) is 4.57. The Bertz CT molecular complexity index is 754. The van der Waals surface area contributed by atoms with E-state index >= 15 is 0 Å². The molecule has 2 aromatic carbocycles. The van der Waals surface area contributed by atoms with E-state index in [2.05, 4.69) is 25.2 Å². The number of anilines is 1. The standard InChI is InChI=1S/C22H27NO2/c1-6-15(2)20-9-7-8-10-21(20)23-22(24)12-11-19-16(3)13-18(25-5)14-17(19)4/h7-15H,6H2,1-5H3,(H,23,24)/b12-11+. The van der Waals surface area contributed by atoms with Gasteiger partial charge in [-0.2, -0.15) is 0 Å². The molecule has 1 atom stereocenters. The molecule has 1 N–H and O–H groups in total. The predicted octanol–water partition coefficient (Wildman–Crippen LogP) is 5.48. The molecule has 0 aliphatic carbocycles. The zero-order chi connectivity index (χ0) is 18.4. The van der Waals surface area contributed by atoms with E-state index < -0.39 is 0 Å². The maximum atomic E-state index is 12.4. The smallest absolute Gasteiger partial charge is 0.248 e. The molecule has 1 amide bonds. The molecule has 0 aliphatic heterocycles. The van der Waals surface area contributed by atoms with E-state index in [4.69, 9.17) is 4.74 Å². The molecule has 132 valence electrons. The topological polar surface area (TPSA) is 38.3 Å². The zero-order valence-electron chi connectivity index (χ0n) is 15.7. The van der Waals surface area contributed by atoms with Crippen LogP contribution in [0.4, 0.5) is 5.69 Å². The summed E-state index contributed by atoms with van der Waals surface area (Å²) in [6, 6.07) is 11.9. The second-order valence-electron chi connectivity index (χ2n) is 6.39. The lowest BCUT2D eigenvalue weighted by molar-refractivity contribution is -0.111. The van der Waals surface area contributed by atoms with Crippen molar-refractivity contribution in [3.05, 3.63) is 64.7 Å². The largest absolute Gasteiger partial charge is 0.497 e. The van der Waals surface area contributed by atoms with Gasteiger partial charge in [0.25, 0.3) is 0 Å². The number of aryl methyl sites for hydroxylation is 2. The fourth-order valence-electron chi connectivity index (χ4n) is 2.91. The van der Waals surface area contributed by atoms with Crippen LogP contribution in [0.2, 0.25) is 0 Å². The summed E-state index contributed by atoms with van der Waals surface area (Å²) in [6.07, 6.45) is 4.49. The van der Waals surface area contributed by atoms with Gasteiger partial charge in [0.15, 0.2) is 0 Å². The number of rotatable bonds is 6. The van der Waals surface area contributed by atoms with Crippen LogP contribution in [0.5, 0.6) is 5.75 Å². The lowest BCUT2D eigenvalue weighted by Crippen LogP contribution is -2.10. The van der Waals surface area contributed by atoms with E-state index in [-0.39, 0.29) is 5.91 Å². The monoisotopic (exact) mass is 337 g/mol. The van der Waals surface area contributed by atoms with Crippen molar-refractivity contribution in [2.75, 3.05) is 12.4 Å². The summed E-state index contributed by atoms with van der Waals surface area (Å²) in [5, 5.41) is 3.01. The number of para-hydroxylation sites is 1. The average molecular weight is 337 g/mol. The van der Waals surface area contributed by atoms with E-state index in [1.165, 1.54) is 5.56 Å². The van der Waals surface area contributed by atoms with Gasteiger partial charge in [-0.3, -0.25) is 4.79 Å². The van der Waals surface area contributed by atoms with Crippen LogP contribution < -0.4 is 10.1 Å².